The largest absolute Gasteiger partial charge is 0.504 e. The number of halogens is 1. The van der Waals surface area contributed by atoms with Crippen molar-refractivity contribution in [1.82, 2.24) is 0 Å². The van der Waals surface area contributed by atoms with E-state index < -0.39 is 0 Å². The Morgan fingerprint density at radius 3 is 2.88 bits per heavy atom. The summed E-state index contributed by atoms with van der Waals surface area (Å²) in [4.78, 5) is 11.7. The summed E-state index contributed by atoms with van der Waals surface area (Å²) in [6.45, 7) is 3.89. The molecule has 1 amide bonds. The van der Waals surface area contributed by atoms with Gasteiger partial charge in [0.15, 0.2) is 5.75 Å². The molecule has 0 saturated carbocycles. The summed E-state index contributed by atoms with van der Waals surface area (Å²) in [6, 6.07) is 4.88. The molecule has 0 heterocycles. The fraction of sp³-hybridized carbons (Fsp3) is 0.417. The van der Waals surface area contributed by atoms with E-state index in [2.05, 4.69) is 5.32 Å². The molecule has 2 N–H and O–H groups in total. The zero-order chi connectivity index (χ0) is 12.1. The van der Waals surface area contributed by atoms with E-state index in [4.69, 9.17) is 11.6 Å². The quantitative estimate of drug-likeness (QED) is 0.794. The Hall–Kier alpha value is -1.22. The van der Waals surface area contributed by atoms with Gasteiger partial charge in [-0.15, -0.1) is 0 Å². The minimum absolute atomic E-state index is 0.0663. The average Bonchev–Trinajstić information content (AvgIpc) is 2.25. The maximum absolute atomic E-state index is 11.7. The van der Waals surface area contributed by atoms with E-state index in [-0.39, 0.29) is 22.6 Å². The topological polar surface area (TPSA) is 49.3 Å². The van der Waals surface area contributed by atoms with Gasteiger partial charge in [-0.1, -0.05) is 37.9 Å². The molecule has 3 nitrogen and oxygen atoms in total. The van der Waals surface area contributed by atoms with Crippen LogP contribution in [0.1, 0.15) is 26.7 Å². The number of hydrogen-bond donors (Lipinski definition) is 2. The summed E-state index contributed by atoms with van der Waals surface area (Å²) < 4.78 is 0. The number of phenolic OH excluding ortho intramolecular Hbond substituents is 1. The lowest BCUT2D eigenvalue weighted by Gasteiger charge is -2.12. The first-order valence-corrected chi connectivity index (χ1v) is 5.72. The Morgan fingerprint density at radius 2 is 2.25 bits per heavy atom. The molecular weight excluding hydrogens is 226 g/mol. The van der Waals surface area contributed by atoms with E-state index in [1.54, 1.807) is 18.2 Å². The number of carbonyl (C=O) groups excluding carboxylic acids is 1. The van der Waals surface area contributed by atoms with Crippen molar-refractivity contribution in [2.45, 2.75) is 26.7 Å². The summed E-state index contributed by atoms with van der Waals surface area (Å²) in [6.07, 6.45) is 1.78. The SMILES string of the molecule is CCCC(C)C(=O)Nc1cccc(Cl)c1O. The number of rotatable bonds is 4. The Labute approximate surface area is 100 Å². The van der Waals surface area contributed by atoms with Crippen LogP contribution < -0.4 is 5.32 Å². The van der Waals surface area contributed by atoms with E-state index in [9.17, 15) is 9.90 Å². The van der Waals surface area contributed by atoms with Gasteiger partial charge in [0.05, 0.1) is 10.7 Å². The van der Waals surface area contributed by atoms with Crippen LogP contribution in [0.3, 0.4) is 0 Å². The zero-order valence-electron chi connectivity index (χ0n) is 9.46. The minimum Gasteiger partial charge on any atom is -0.504 e. The summed E-state index contributed by atoms with van der Waals surface area (Å²) in [5.41, 5.74) is 0.362. The number of carbonyl (C=O) groups is 1. The predicted octanol–water partition coefficient (Wildman–Crippen LogP) is 3.42. The van der Waals surface area contributed by atoms with Crippen molar-refractivity contribution in [2.24, 2.45) is 5.92 Å². The van der Waals surface area contributed by atoms with Gasteiger partial charge in [0.1, 0.15) is 0 Å². The van der Waals surface area contributed by atoms with E-state index >= 15 is 0 Å². The molecule has 0 aromatic heterocycles. The third kappa shape index (κ3) is 3.14. The van der Waals surface area contributed by atoms with Crippen LogP contribution in [0.5, 0.6) is 5.75 Å². The molecule has 0 aliphatic carbocycles. The second-order valence-corrected chi connectivity index (χ2v) is 4.22. The van der Waals surface area contributed by atoms with Crippen LogP contribution in [0.4, 0.5) is 5.69 Å². The second kappa shape index (κ2) is 5.75. The standard InChI is InChI=1S/C12H16ClNO2/c1-3-5-8(2)12(16)14-10-7-4-6-9(13)11(10)15/h4,6-8,15H,3,5H2,1-2H3,(H,14,16). The van der Waals surface area contributed by atoms with E-state index in [0.29, 0.717) is 5.69 Å². The van der Waals surface area contributed by atoms with Gasteiger partial charge in [-0.25, -0.2) is 0 Å². The number of phenols is 1. The fourth-order valence-electron chi connectivity index (χ4n) is 1.44. The van der Waals surface area contributed by atoms with Crippen molar-refractivity contribution < 1.29 is 9.90 Å². The lowest BCUT2D eigenvalue weighted by atomic mass is 10.1. The number of amides is 1. The van der Waals surface area contributed by atoms with Gasteiger partial charge >= 0.3 is 0 Å². The van der Waals surface area contributed by atoms with Gasteiger partial charge in [-0.3, -0.25) is 4.79 Å². The molecule has 1 rings (SSSR count). The Morgan fingerprint density at radius 1 is 1.56 bits per heavy atom. The number of anilines is 1. The molecule has 0 saturated heterocycles. The Balaban J connectivity index is 2.73. The average molecular weight is 242 g/mol. The molecule has 0 fully saturated rings. The van der Waals surface area contributed by atoms with Crippen LogP contribution in [0.15, 0.2) is 18.2 Å². The molecule has 1 atom stereocenters. The van der Waals surface area contributed by atoms with Gasteiger partial charge in [0.25, 0.3) is 0 Å². The van der Waals surface area contributed by atoms with Crippen molar-refractivity contribution in [2.75, 3.05) is 5.32 Å². The molecule has 0 spiro atoms. The van der Waals surface area contributed by atoms with Crippen molar-refractivity contribution in [3.8, 4) is 5.75 Å². The molecule has 0 aliphatic heterocycles. The number of aromatic hydroxyl groups is 1. The summed E-state index contributed by atoms with van der Waals surface area (Å²) in [5, 5.41) is 12.5. The molecule has 1 aromatic carbocycles. The number of hydrogen-bond acceptors (Lipinski definition) is 2. The number of nitrogens with one attached hydrogen (secondary N) is 1. The maximum atomic E-state index is 11.7. The smallest absolute Gasteiger partial charge is 0.227 e. The van der Waals surface area contributed by atoms with E-state index in [1.165, 1.54) is 0 Å². The fourth-order valence-corrected chi connectivity index (χ4v) is 1.61. The zero-order valence-corrected chi connectivity index (χ0v) is 10.2. The van der Waals surface area contributed by atoms with Crippen molar-refractivity contribution in [1.29, 1.82) is 0 Å². The highest BCUT2D eigenvalue weighted by atomic mass is 35.5. The van der Waals surface area contributed by atoms with Crippen LogP contribution >= 0.6 is 11.6 Å². The van der Waals surface area contributed by atoms with Gasteiger partial charge in [0, 0.05) is 5.92 Å². The van der Waals surface area contributed by atoms with Crippen molar-refractivity contribution >= 4 is 23.2 Å². The normalized spacial score (nSPS) is 12.2. The predicted molar refractivity (Wildman–Crippen MR) is 65.8 cm³/mol. The molecule has 0 aliphatic rings. The van der Waals surface area contributed by atoms with Crippen LogP contribution in [0.2, 0.25) is 5.02 Å². The third-order valence-electron chi connectivity index (χ3n) is 2.41. The molecule has 16 heavy (non-hydrogen) atoms. The van der Waals surface area contributed by atoms with Gasteiger partial charge in [-0.2, -0.15) is 0 Å². The van der Waals surface area contributed by atoms with Crippen LogP contribution in [-0.4, -0.2) is 11.0 Å². The highest BCUT2D eigenvalue weighted by molar-refractivity contribution is 6.32. The second-order valence-electron chi connectivity index (χ2n) is 3.81. The van der Waals surface area contributed by atoms with Crippen LogP contribution in [0.25, 0.3) is 0 Å². The van der Waals surface area contributed by atoms with E-state index in [1.807, 2.05) is 13.8 Å². The molecule has 4 heteroatoms. The van der Waals surface area contributed by atoms with Crippen LogP contribution in [0, 0.1) is 5.92 Å². The molecule has 0 radical (unpaired) electrons. The molecule has 1 aromatic rings. The molecule has 1 unspecified atom stereocenters. The first kappa shape index (κ1) is 12.8. The summed E-state index contributed by atoms with van der Waals surface area (Å²) >= 11 is 5.74. The first-order chi connectivity index (χ1) is 7.56. The third-order valence-corrected chi connectivity index (χ3v) is 2.72. The summed E-state index contributed by atoms with van der Waals surface area (Å²) in [5.74, 6) is -0.246. The Bertz CT molecular complexity index is 379. The lowest BCUT2D eigenvalue weighted by Crippen LogP contribution is -2.20. The highest BCUT2D eigenvalue weighted by Crippen LogP contribution is 2.31. The molecular formula is C12H16ClNO2. The summed E-state index contributed by atoms with van der Waals surface area (Å²) in [7, 11) is 0. The number of benzene rings is 1. The van der Waals surface area contributed by atoms with Crippen molar-refractivity contribution in [3.05, 3.63) is 23.2 Å². The van der Waals surface area contributed by atoms with Crippen molar-refractivity contribution in [3.63, 3.8) is 0 Å². The van der Waals surface area contributed by atoms with Gasteiger partial charge in [-0.05, 0) is 18.6 Å². The van der Waals surface area contributed by atoms with Gasteiger partial charge < -0.3 is 10.4 Å². The van der Waals surface area contributed by atoms with Gasteiger partial charge in [0.2, 0.25) is 5.91 Å². The Kier molecular flexibility index (Phi) is 4.62. The molecule has 0 bridgehead atoms. The lowest BCUT2D eigenvalue weighted by molar-refractivity contribution is -0.119. The van der Waals surface area contributed by atoms with Crippen LogP contribution in [-0.2, 0) is 4.79 Å². The first-order valence-electron chi connectivity index (χ1n) is 5.34. The monoisotopic (exact) mass is 241 g/mol. The highest BCUT2D eigenvalue weighted by Gasteiger charge is 2.14. The number of para-hydroxylation sites is 1. The maximum Gasteiger partial charge on any atom is 0.227 e. The minimum atomic E-state index is -0.0978. The van der Waals surface area contributed by atoms with E-state index in [0.717, 1.165) is 12.8 Å². The molecule has 88 valence electrons.